The third kappa shape index (κ3) is 3.16. The highest BCUT2D eigenvalue weighted by molar-refractivity contribution is 6.00. The molecule has 0 aliphatic carbocycles. The highest BCUT2D eigenvalue weighted by atomic mass is 16.5. The standard InChI is InChI=1S/C21H23N3O2/c1-14(16-6-8-17(26-4)9-7-16)24-20(12-22)19-11-15(13-23(2)3)5-10-18(19)21(24)25/h5-11,14,20H,13H2,1-4H3. The highest BCUT2D eigenvalue weighted by Crippen LogP contribution is 2.40. The Morgan fingerprint density at radius 2 is 1.92 bits per heavy atom. The zero-order chi connectivity index (χ0) is 18.8. The zero-order valence-corrected chi connectivity index (χ0v) is 15.6. The minimum atomic E-state index is -0.572. The largest absolute Gasteiger partial charge is 0.497 e. The van der Waals surface area contributed by atoms with Gasteiger partial charge in [0, 0.05) is 17.7 Å². The summed E-state index contributed by atoms with van der Waals surface area (Å²) in [4.78, 5) is 16.7. The molecule has 0 bridgehead atoms. The first-order chi connectivity index (χ1) is 12.5. The van der Waals surface area contributed by atoms with E-state index < -0.39 is 6.04 Å². The molecule has 0 N–H and O–H groups in total. The monoisotopic (exact) mass is 349 g/mol. The Kier molecular flexibility index (Phi) is 4.97. The van der Waals surface area contributed by atoms with Crippen LogP contribution in [-0.2, 0) is 6.54 Å². The number of carbonyl (C=O) groups is 1. The van der Waals surface area contributed by atoms with Crippen LogP contribution in [0.3, 0.4) is 0 Å². The summed E-state index contributed by atoms with van der Waals surface area (Å²) in [5.41, 5.74) is 3.50. The zero-order valence-electron chi connectivity index (χ0n) is 15.6. The second-order valence-electron chi connectivity index (χ2n) is 6.85. The van der Waals surface area contributed by atoms with Gasteiger partial charge in [0.15, 0.2) is 0 Å². The lowest BCUT2D eigenvalue weighted by atomic mass is 10.0. The van der Waals surface area contributed by atoms with Crippen LogP contribution in [0.1, 0.15) is 46.1 Å². The molecule has 0 aromatic heterocycles. The van der Waals surface area contributed by atoms with Crippen molar-refractivity contribution in [2.75, 3.05) is 21.2 Å². The van der Waals surface area contributed by atoms with E-state index in [0.29, 0.717) is 5.56 Å². The molecule has 1 amide bonds. The molecule has 1 aliphatic rings. The number of fused-ring (bicyclic) bond motifs is 1. The van der Waals surface area contributed by atoms with Gasteiger partial charge in [0.05, 0.1) is 19.2 Å². The van der Waals surface area contributed by atoms with Crippen molar-refractivity contribution in [3.8, 4) is 11.8 Å². The summed E-state index contributed by atoms with van der Waals surface area (Å²) < 4.78 is 5.20. The Morgan fingerprint density at radius 3 is 2.50 bits per heavy atom. The SMILES string of the molecule is COc1ccc(C(C)N2C(=O)c3ccc(CN(C)C)cc3C2C#N)cc1. The van der Waals surface area contributed by atoms with Gasteiger partial charge in [0.2, 0.25) is 0 Å². The first kappa shape index (κ1) is 18.0. The number of carbonyl (C=O) groups excluding carboxylic acids is 1. The van der Waals surface area contributed by atoms with E-state index in [1.165, 1.54) is 0 Å². The van der Waals surface area contributed by atoms with Gasteiger partial charge in [-0.25, -0.2) is 0 Å². The number of nitriles is 1. The van der Waals surface area contributed by atoms with Crippen LogP contribution in [0.4, 0.5) is 0 Å². The molecule has 0 radical (unpaired) electrons. The van der Waals surface area contributed by atoms with E-state index in [0.717, 1.165) is 29.0 Å². The van der Waals surface area contributed by atoms with Gasteiger partial charge in [-0.05, 0) is 50.3 Å². The van der Waals surface area contributed by atoms with E-state index in [4.69, 9.17) is 4.74 Å². The van der Waals surface area contributed by atoms with Crippen LogP contribution in [0.15, 0.2) is 42.5 Å². The van der Waals surface area contributed by atoms with Crippen LogP contribution >= 0.6 is 0 Å². The van der Waals surface area contributed by atoms with E-state index in [2.05, 4.69) is 11.0 Å². The summed E-state index contributed by atoms with van der Waals surface area (Å²) >= 11 is 0. The molecule has 1 aliphatic heterocycles. The van der Waals surface area contributed by atoms with Gasteiger partial charge in [-0.1, -0.05) is 24.3 Å². The Hall–Kier alpha value is -2.84. The van der Waals surface area contributed by atoms with Gasteiger partial charge in [0.1, 0.15) is 11.8 Å². The molecule has 0 fully saturated rings. The summed E-state index contributed by atoms with van der Waals surface area (Å²) in [6.07, 6.45) is 0. The van der Waals surface area contributed by atoms with E-state index >= 15 is 0 Å². The topological polar surface area (TPSA) is 56.6 Å². The number of nitrogens with zero attached hydrogens (tertiary/aromatic N) is 3. The lowest BCUT2D eigenvalue weighted by Gasteiger charge is -2.28. The maximum absolute atomic E-state index is 13.0. The van der Waals surface area contributed by atoms with E-state index in [9.17, 15) is 10.1 Å². The van der Waals surface area contributed by atoms with Crippen molar-refractivity contribution in [1.82, 2.24) is 9.80 Å². The number of rotatable bonds is 5. The van der Waals surface area contributed by atoms with Gasteiger partial charge >= 0.3 is 0 Å². The molecule has 0 saturated heterocycles. The van der Waals surface area contributed by atoms with Crippen LogP contribution in [0.5, 0.6) is 5.75 Å². The van der Waals surface area contributed by atoms with Crippen molar-refractivity contribution in [2.45, 2.75) is 25.6 Å². The molecule has 26 heavy (non-hydrogen) atoms. The molecule has 2 aromatic carbocycles. The molecular formula is C21H23N3O2. The number of ether oxygens (including phenoxy) is 1. The summed E-state index contributed by atoms with van der Waals surface area (Å²) in [7, 11) is 5.62. The van der Waals surface area contributed by atoms with E-state index in [1.54, 1.807) is 12.0 Å². The molecule has 3 rings (SSSR count). The highest BCUT2D eigenvalue weighted by Gasteiger charge is 2.40. The first-order valence-corrected chi connectivity index (χ1v) is 8.60. The minimum Gasteiger partial charge on any atom is -0.497 e. The minimum absolute atomic E-state index is 0.0914. The second-order valence-corrected chi connectivity index (χ2v) is 6.85. The van der Waals surface area contributed by atoms with Crippen LogP contribution in [-0.4, -0.2) is 36.9 Å². The molecule has 0 spiro atoms. The molecule has 134 valence electrons. The maximum Gasteiger partial charge on any atom is 0.256 e. The van der Waals surface area contributed by atoms with Gasteiger partial charge in [0.25, 0.3) is 5.91 Å². The Bertz CT molecular complexity index is 853. The number of hydrogen-bond acceptors (Lipinski definition) is 4. The fourth-order valence-corrected chi connectivity index (χ4v) is 3.48. The molecule has 5 nitrogen and oxygen atoms in total. The number of hydrogen-bond donors (Lipinski definition) is 0. The van der Waals surface area contributed by atoms with Crippen molar-refractivity contribution in [3.63, 3.8) is 0 Å². The maximum atomic E-state index is 13.0. The van der Waals surface area contributed by atoms with Crippen LogP contribution in [0.2, 0.25) is 0 Å². The predicted molar refractivity (Wildman–Crippen MR) is 99.8 cm³/mol. The first-order valence-electron chi connectivity index (χ1n) is 8.60. The van der Waals surface area contributed by atoms with Crippen LogP contribution in [0.25, 0.3) is 0 Å². The molecule has 2 unspecified atom stereocenters. The Morgan fingerprint density at radius 1 is 1.23 bits per heavy atom. The molecule has 1 heterocycles. The number of methoxy groups -OCH3 is 1. The fourth-order valence-electron chi connectivity index (χ4n) is 3.48. The molecule has 2 atom stereocenters. The lowest BCUT2D eigenvalue weighted by Crippen LogP contribution is -2.30. The third-order valence-corrected chi connectivity index (χ3v) is 4.79. The molecular weight excluding hydrogens is 326 g/mol. The summed E-state index contributed by atoms with van der Waals surface area (Å²) in [6, 6.07) is 15.0. The van der Waals surface area contributed by atoms with Gasteiger partial charge in [-0.2, -0.15) is 5.26 Å². The van der Waals surface area contributed by atoms with Crippen LogP contribution in [0, 0.1) is 11.3 Å². The Labute approximate surface area is 154 Å². The summed E-state index contributed by atoms with van der Waals surface area (Å²) in [6.45, 7) is 2.73. The number of benzene rings is 2. The van der Waals surface area contributed by atoms with Crippen molar-refractivity contribution in [1.29, 1.82) is 5.26 Å². The molecule has 0 saturated carbocycles. The Balaban J connectivity index is 1.95. The van der Waals surface area contributed by atoms with Gasteiger partial charge in [-0.3, -0.25) is 4.79 Å². The molecule has 5 heteroatoms. The summed E-state index contributed by atoms with van der Waals surface area (Å²) in [5, 5.41) is 9.78. The quantitative estimate of drug-likeness (QED) is 0.828. The van der Waals surface area contributed by atoms with E-state index in [-0.39, 0.29) is 11.9 Å². The van der Waals surface area contributed by atoms with Crippen molar-refractivity contribution in [2.24, 2.45) is 0 Å². The summed E-state index contributed by atoms with van der Waals surface area (Å²) in [5.74, 6) is 0.674. The third-order valence-electron chi connectivity index (χ3n) is 4.79. The van der Waals surface area contributed by atoms with Gasteiger partial charge in [-0.15, -0.1) is 0 Å². The average Bonchev–Trinajstić information content (AvgIpc) is 2.92. The average molecular weight is 349 g/mol. The van der Waals surface area contributed by atoms with E-state index in [1.807, 2.05) is 63.5 Å². The second kappa shape index (κ2) is 7.19. The van der Waals surface area contributed by atoms with Crippen molar-refractivity contribution < 1.29 is 9.53 Å². The smallest absolute Gasteiger partial charge is 0.256 e. The predicted octanol–water partition coefficient (Wildman–Crippen LogP) is 3.54. The normalized spacial score (nSPS) is 17.2. The fraction of sp³-hybridized carbons (Fsp3) is 0.333. The lowest BCUT2D eigenvalue weighted by molar-refractivity contribution is 0.0687. The number of amides is 1. The van der Waals surface area contributed by atoms with Crippen molar-refractivity contribution >= 4 is 5.91 Å². The van der Waals surface area contributed by atoms with Gasteiger partial charge < -0.3 is 14.5 Å². The molecule has 2 aromatic rings. The van der Waals surface area contributed by atoms with Crippen molar-refractivity contribution in [3.05, 3.63) is 64.7 Å². The van der Waals surface area contributed by atoms with Crippen LogP contribution < -0.4 is 4.74 Å².